The molecule has 0 aliphatic carbocycles. The van der Waals surface area contributed by atoms with Gasteiger partial charge in [0.15, 0.2) is 0 Å². The Morgan fingerprint density at radius 2 is 1.83 bits per heavy atom. The van der Waals surface area contributed by atoms with Crippen molar-refractivity contribution in [1.82, 2.24) is 4.90 Å². The van der Waals surface area contributed by atoms with E-state index in [0.717, 1.165) is 0 Å². The van der Waals surface area contributed by atoms with Gasteiger partial charge in [-0.1, -0.05) is 0 Å². The molecule has 0 rings (SSSR count). The second kappa shape index (κ2) is 2.08. The van der Waals surface area contributed by atoms with Gasteiger partial charge in [0.05, 0.1) is 0 Å². The largest absolute Gasteiger partial charge is 0.345 e. The summed E-state index contributed by atoms with van der Waals surface area (Å²) in [5.74, 6) is 0. The highest BCUT2D eigenvalue weighted by Crippen LogP contribution is 1.79. The van der Waals surface area contributed by atoms with Crippen molar-refractivity contribution in [3.8, 4) is 0 Å². The summed E-state index contributed by atoms with van der Waals surface area (Å²) in [6.45, 7) is 0. The molecule has 1 nitrogen and oxygen atoms in total. The van der Waals surface area contributed by atoms with Gasteiger partial charge in [0.1, 0.15) is 0 Å². The van der Waals surface area contributed by atoms with Crippen molar-refractivity contribution in [3.63, 3.8) is 0 Å². The summed E-state index contributed by atoms with van der Waals surface area (Å²) in [5, 5.41) is -0.574. The first kappa shape index (κ1) is 5.82. The Balaban J connectivity index is 3.26. The van der Waals surface area contributed by atoms with Crippen LogP contribution in [0.1, 0.15) is 0 Å². The molecule has 0 unspecified atom stereocenters. The number of hydrogen-bond donors (Lipinski definition) is 0. The lowest BCUT2D eigenvalue weighted by atomic mass is 11.0. The van der Waals surface area contributed by atoms with Gasteiger partial charge in [-0.25, -0.2) is 0 Å². The molecule has 0 aliphatic rings. The van der Waals surface area contributed by atoms with Crippen LogP contribution in [0.5, 0.6) is 0 Å². The van der Waals surface area contributed by atoms with Gasteiger partial charge in [-0.3, -0.25) is 0 Å². The van der Waals surface area contributed by atoms with Gasteiger partial charge in [-0.05, 0) is 12.2 Å². The summed E-state index contributed by atoms with van der Waals surface area (Å²) in [6, 6.07) is 0. The molecule has 0 atom stereocenters. The zero-order valence-electron chi connectivity index (χ0n) is 3.73. The number of rotatable bonds is 0. The Hall–Kier alpha value is -0.180. The summed E-state index contributed by atoms with van der Waals surface area (Å²) >= 11 is 4.08. The van der Waals surface area contributed by atoms with Gasteiger partial charge in [0, 0.05) is 14.1 Å². The fraction of sp³-hybridized carbons (Fsp3) is 0.667. The number of nitrogens with zero attached hydrogens (tertiary/aromatic N) is 1. The molecule has 0 radical (unpaired) electrons. The molecule has 0 N–H and O–H groups in total. The van der Waals surface area contributed by atoms with Crippen LogP contribution in [0, 0.1) is 0 Å². The monoisotopic (exact) mass is 107 g/mol. The van der Waals surface area contributed by atoms with Gasteiger partial charge >= 0.3 is 0 Å². The lowest BCUT2D eigenvalue weighted by Crippen LogP contribution is -2.13. The lowest BCUT2D eigenvalue weighted by molar-refractivity contribution is 0.548. The summed E-state index contributed by atoms with van der Waals surface area (Å²) < 4.78 is 11.5. The highest BCUT2D eigenvalue weighted by Gasteiger charge is 1.88. The molecular weight excluding hydrogens is 101 g/mol. The zero-order chi connectivity index (χ0) is 5.15. The van der Waals surface area contributed by atoms with Crippen molar-refractivity contribution in [2.24, 2.45) is 0 Å². The molecule has 36 valence electrons. The maximum Gasteiger partial charge on any atom is 0.255 e. The van der Waals surface area contributed by atoms with Gasteiger partial charge in [-0.2, -0.15) is 4.39 Å². The van der Waals surface area contributed by atoms with E-state index in [4.69, 9.17) is 0 Å². The normalized spacial score (nSPS) is 7.83. The molecule has 0 bridgehead atoms. The minimum atomic E-state index is -0.574. The minimum absolute atomic E-state index is 0.574. The molecule has 0 saturated carbocycles. The SMILES string of the molecule is CN(C)C(F)=S. The third kappa shape index (κ3) is 2.08. The van der Waals surface area contributed by atoms with E-state index in [1.807, 2.05) is 0 Å². The molecule has 0 aromatic heterocycles. The molecule has 0 spiro atoms. The third-order valence-electron chi connectivity index (χ3n) is 0.352. The summed E-state index contributed by atoms with van der Waals surface area (Å²) in [4.78, 5) is 1.23. The third-order valence-corrected chi connectivity index (χ3v) is 0.717. The second-order valence-corrected chi connectivity index (χ2v) is 1.48. The van der Waals surface area contributed by atoms with Crippen LogP contribution in [0.2, 0.25) is 0 Å². The van der Waals surface area contributed by atoms with Crippen LogP contribution < -0.4 is 0 Å². The van der Waals surface area contributed by atoms with E-state index < -0.39 is 5.24 Å². The van der Waals surface area contributed by atoms with Crippen LogP contribution in [0.25, 0.3) is 0 Å². The van der Waals surface area contributed by atoms with Gasteiger partial charge in [0.25, 0.3) is 5.24 Å². The molecule has 0 aromatic rings. The van der Waals surface area contributed by atoms with Crippen molar-refractivity contribution in [1.29, 1.82) is 0 Å². The predicted octanol–water partition coefficient (Wildman–Crippen LogP) is 0.802. The Labute approximate surface area is 41.8 Å². The summed E-state index contributed by atoms with van der Waals surface area (Å²) in [7, 11) is 3.12. The van der Waals surface area contributed by atoms with E-state index in [2.05, 4.69) is 12.2 Å². The van der Waals surface area contributed by atoms with Crippen LogP contribution >= 0.6 is 12.2 Å². The van der Waals surface area contributed by atoms with Crippen LogP contribution in [-0.4, -0.2) is 24.2 Å². The number of thiocarbonyl (C=S) groups is 1. The lowest BCUT2D eigenvalue weighted by Gasteiger charge is -2.01. The summed E-state index contributed by atoms with van der Waals surface area (Å²) in [6.07, 6.45) is 0. The zero-order valence-corrected chi connectivity index (χ0v) is 4.55. The van der Waals surface area contributed by atoms with E-state index in [1.54, 1.807) is 14.1 Å². The Kier molecular flexibility index (Phi) is 2.01. The highest BCUT2D eigenvalue weighted by atomic mass is 32.1. The predicted molar refractivity (Wildman–Crippen MR) is 27.4 cm³/mol. The van der Waals surface area contributed by atoms with Crippen molar-refractivity contribution in [2.75, 3.05) is 14.1 Å². The molecule has 0 heterocycles. The highest BCUT2D eigenvalue weighted by molar-refractivity contribution is 7.79. The summed E-state index contributed by atoms with van der Waals surface area (Å²) in [5.41, 5.74) is 0. The maximum atomic E-state index is 11.5. The molecule has 0 aliphatic heterocycles. The molecule has 0 fully saturated rings. The van der Waals surface area contributed by atoms with E-state index in [-0.39, 0.29) is 0 Å². The van der Waals surface area contributed by atoms with Crippen molar-refractivity contribution >= 4 is 17.5 Å². The molecule has 6 heavy (non-hydrogen) atoms. The molecular formula is C3H6FNS. The smallest absolute Gasteiger partial charge is 0.255 e. The van der Waals surface area contributed by atoms with E-state index in [1.165, 1.54) is 4.90 Å². The van der Waals surface area contributed by atoms with Crippen LogP contribution in [-0.2, 0) is 0 Å². The van der Waals surface area contributed by atoms with Gasteiger partial charge < -0.3 is 4.90 Å². The average Bonchev–Trinajstić information content (AvgIpc) is 1.36. The van der Waals surface area contributed by atoms with Crippen molar-refractivity contribution < 1.29 is 4.39 Å². The van der Waals surface area contributed by atoms with Crippen LogP contribution in [0.15, 0.2) is 0 Å². The average molecular weight is 107 g/mol. The van der Waals surface area contributed by atoms with Crippen LogP contribution in [0.3, 0.4) is 0 Å². The molecule has 0 amide bonds. The Bertz CT molecular complexity index is 61.8. The fourth-order valence-corrected chi connectivity index (χ4v) is 0. The van der Waals surface area contributed by atoms with Crippen molar-refractivity contribution in [2.45, 2.75) is 0 Å². The van der Waals surface area contributed by atoms with Gasteiger partial charge in [-0.15, -0.1) is 0 Å². The van der Waals surface area contributed by atoms with Gasteiger partial charge in [0.2, 0.25) is 0 Å². The number of halogens is 1. The second-order valence-electron chi connectivity index (χ2n) is 1.15. The van der Waals surface area contributed by atoms with Crippen molar-refractivity contribution in [3.05, 3.63) is 0 Å². The maximum absolute atomic E-state index is 11.5. The Morgan fingerprint density at radius 1 is 1.67 bits per heavy atom. The minimum Gasteiger partial charge on any atom is -0.345 e. The quantitative estimate of drug-likeness (QED) is 0.256. The van der Waals surface area contributed by atoms with Crippen LogP contribution in [0.4, 0.5) is 4.39 Å². The Morgan fingerprint density at radius 3 is 1.83 bits per heavy atom. The van der Waals surface area contributed by atoms with E-state index in [0.29, 0.717) is 0 Å². The van der Waals surface area contributed by atoms with E-state index >= 15 is 0 Å². The first-order chi connectivity index (χ1) is 2.64. The van der Waals surface area contributed by atoms with E-state index in [9.17, 15) is 4.39 Å². The topological polar surface area (TPSA) is 3.24 Å². The molecule has 0 saturated heterocycles. The first-order valence-electron chi connectivity index (χ1n) is 1.51. The first-order valence-corrected chi connectivity index (χ1v) is 1.92. The standard InChI is InChI=1S/C3H6FNS/c1-5(2)3(4)6/h1-2H3. The molecule has 3 heteroatoms. The molecule has 0 aromatic carbocycles. The fourth-order valence-electron chi connectivity index (χ4n) is 0. The number of hydrogen-bond acceptors (Lipinski definition) is 1.